The maximum Gasteiger partial charge on any atom is 0.0541 e. The summed E-state index contributed by atoms with van der Waals surface area (Å²) < 4.78 is 2.43. The summed E-state index contributed by atoms with van der Waals surface area (Å²) in [5.41, 5.74) is 10.5. The summed E-state index contributed by atoms with van der Waals surface area (Å²) in [6, 6.07) is 31.7. The summed E-state index contributed by atoms with van der Waals surface area (Å²) in [5, 5.41) is 2.60. The zero-order valence-corrected chi connectivity index (χ0v) is 21.5. The van der Waals surface area contributed by atoms with Crippen LogP contribution in [0.15, 0.2) is 84.9 Å². The van der Waals surface area contributed by atoms with Gasteiger partial charge in [0.25, 0.3) is 0 Å². The third-order valence-electron chi connectivity index (χ3n) is 6.90. The van der Waals surface area contributed by atoms with E-state index in [-0.39, 0.29) is 10.8 Å². The van der Waals surface area contributed by atoms with Gasteiger partial charge >= 0.3 is 0 Å². The van der Waals surface area contributed by atoms with Crippen molar-refractivity contribution in [2.24, 2.45) is 0 Å². The SMILES string of the molecule is Cc1cc(-c2cc(-n3c4ccccc4c4ccccc43)cc(C(C)(C)C)c2)cc(C(C)(C)C)c1. The fourth-order valence-corrected chi connectivity index (χ4v) is 4.92. The summed E-state index contributed by atoms with van der Waals surface area (Å²) in [5.74, 6) is 0. The molecule has 0 radical (unpaired) electrons. The molecule has 0 unspecified atom stereocenters. The Labute approximate surface area is 204 Å². The van der Waals surface area contributed by atoms with E-state index < -0.39 is 0 Å². The number of para-hydroxylation sites is 2. The molecular formula is C33H35N. The van der Waals surface area contributed by atoms with Gasteiger partial charge in [0.15, 0.2) is 0 Å². The first-order valence-corrected chi connectivity index (χ1v) is 12.3. The van der Waals surface area contributed by atoms with Gasteiger partial charge in [0.2, 0.25) is 0 Å². The maximum atomic E-state index is 2.43. The molecule has 172 valence electrons. The summed E-state index contributed by atoms with van der Waals surface area (Å²) >= 11 is 0. The molecule has 34 heavy (non-hydrogen) atoms. The van der Waals surface area contributed by atoms with Crippen LogP contribution < -0.4 is 0 Å². The number of aromatic nitrogens is 1. The minimum Gasteiger partial charge on any atom is -0.309 e. The molecule has 5 rings (SSSR count). The number of benzene rings is 4. The molecule has 5 aromatic rings. The Morgan fingerprint density at radius 1 is 0.529 bits per heavy atom. The van der Waals surface area contributed by atoms with Crippen molar-refractivity contribution in [2.45, 2.75) is 59.3 Å². The van der Waals surface area contributed by atoms with Crippen LogP contribution in [-0.2, 0) is 10.8 Å². The van der Waals surface area contributed by atoms with E-state index in [4.69, 9.17) is 0 Å². The van der Waals surface area contributed by atoms with E-state index in [9.17, 15) is 0 Å². The predicted molar refractivity (Wildman–Crippen MR) is 148 cm³/mol. The molecule has 1 heteroatoms. The van der Waals surface area contributed by atoms with Crippen LogP contribution in [0.2, 0.25) is 0 Å². The van der Waals surface area contributed by atoms with Gasteiger partial charge in [-0.05, 0) is 64.3 Å². The Morgan fingerprint density at radius 2 is 1.00 bits per heavy atom. The average Bonchev–Trinajstić information content (AvgIpc) is 3.12. The second-order valence-corrected chi connectivity index (χ2v) is 11.7. The molecule has 0 atom stereocenters. The van der Waals surface area contributed by atoms with Crippen molar-refractivity contribution in [3.8, 4) is 16.8 Å². The van der Waals surface area contributed by atoms with E-state index in [1.165, 1.54) is 55.3 Å². The molecular weight excluding hydrogens is 410 g/mol. The van der Waals surface area contributed by atoms with Crippen LogP contribution in [-0.4, -0.2) is 4.57 Å². The Hall–Kier alpha value is -3.32. The quantitative estimate of drug-likeness (QED) is 0.255. The van der Waals surface area contributed by atoms with Gasteiger partial charge in [0, 0.05) is 16.5 Å². The van der Waals surface area contributed by atoms with Crippen molar-refractivity contribution in [1.82, 2.24) is 4.57 Å². The fourth-order valence-electron chi connectivity index (χ4n) is 4.92. The smallest absolute Gasteiger partial charge is 0.0541 e. The van der Waals surface area contributed by atoms with Gasteiger partial charge in [-0.1, -0.05) is 108 Å². The van der Waals surface area contributed by atoms with Gasteiger partial charge in [0.1, 0.15) is 0 Å². The highest BCUT2D eigenvalue weighted by Crippen LogP contribution is 2.37. The van der Waals surface area contributed by atoms with E-state index in [0.717, 1.165) is 0 Å². The van der Waals surface area contributed by atoms with Gasteiger partial charge in [-0.3, -0.25) is 0 Å². The molecule has 1 heterocycles. The number of hydrogen-bond donors (Lipinski definition) is 0. The molecule has 0 N–H and O–H groups in total. The molecule has 0 aliphatic carbocycles. The lowest BCUT2D eigenvalue weighted by Crippen LogP contribution is -2.13. The van der Waals surface area contributed by atoms with E-state index >= 15 is 0 Å². The zero-order chi connectivity index (χ0) is 24.3. The second kappa shape index (κ2) is 7.87. The Bertz CT molecular complexity index is 1460. The molecule has 1 aromatic heterocycles. The standard InChI is InChI=1S/C33H35N/c1-22-16-23(18-25(17-22)32(2,3)4)24-19-26(33(5,6)7)21-27(20-24)34-30-14-10-8-12-28(30)29-13-9-11-15-31(29)34/h8-21H,1-7H3. The Kier molecular flexibility index (Phi) is 5.20. The lowest BCUT2D eigenvalue weighted by Gasteiger charge is -2.24. The van der Waals surface area contributed by atoms with Crippen molar-refractivity contribution >= 4 is 21.8 Å². The topological polar surface area (TPSA) is 4.93 Å². The van der Waals surface area contributed by atoms with Crippen molar-refractivity contribution in [3.63, 3.8) is 0 Å². The number of hydrogen-bond acceptors (Lipinski definition) is 0. The van der Waals surface area contributed by atoms with E-state index in [1.807, 2.05) is 0 Å². The number of nitrogens with zero attached hydrogens (tertiary/aromatic N) is 1. The van der Waals surface area contributed by atoms with E-state index in [1.54, 1.807) is 0 Å². The van der Waals surface area contributed by atoms with Gasteiger partial charge in [-0.25, -0.2) is 0 Å². The average molecular weight is 446 g/mol. The highest BCUT2D eigenvalue weighted by atomic mass is 15.0. The third-order valence-corrected chi connectivity index (χ3v) is 6.90. The lowest BCUT2D eigenvalue weighted by atomic mass is 9.82. The highest BCUT2D eigenvalue weighted by molar-refractivity contribution is 6.09. The van der Waals surface area contributed by atoms with Crippen molar-refractivity contribution in [3.05, 3.63) is 102 Å². The summed E-state index contributed by atoms with van der Waals surface area (Å²) in [4.78, 5) is 0. The molecule has 0 saturated carbocycles. The van der Waals surface area contributed by atoms with Gasteiger partial charge in [-0.15, -0.1) is 0 Å². The first kappa shape index (κ1) is 22.5. The van der Waals surface area contributed by atoms with Gasteiger partial charge in [0.05, 0.1) is 11.0 Å². The molecule has 1 nitrogen and oxygen atoms in total. The van der Waals surface area contributed by atoms with Crippen LogP contribution in [0, 0.1) is 6.92 Å². The van der Waals surface area contributed by atoms with E-state index in [2.05, 4.69) is 138 Å². The van der Waals surface area contributed by atoms with E-state index in [0.29, 0.717) is 0 Å². The molecule has 0 spiro atoms. The first-order chi connectivity index (χ1) is 16.0. The number of rotatable bonds is 2. The fraction of sp³-hybridized carbons (Fsp3) is 0.273. The molecule has 0 bridgehead atoms. The van der Waals surface area contributed by atoms with Crippen LogP contribution in [0.25, 0.3) is 38.6 Å². The molecule has 0 amide bonds. The van der Waals surface area contributed by atoms with Crippen LogP contribution in [0.5, 0.6) is 0 Å². The van der Waals surface area contributed by atoms with Crippen LogP contribution in [0.3, 0.4) is 0 Å². The minimum atomic E-state index is 0.0419. The maximum absolute atomic E-state index is 2.43. The zero-order valence-electron chi connectivity index (χ0n) is 21.5. The van der Waals surface area contributed by atoms with Gasteiger partial charge < -0.3 is 4.57 Å². The number of fused-ring (bicyclic) bond motifs is 3. The predicted octanol–water partition coefficient (Wildman–Crippen LogP) is 9.35. The second-order valence-electron chi connectivity index (χ2n) is 11.7. The summed E-state index contributed by atoms with van der Waals surface area (Å²) in [7, 11) is 0. The molecule has 0 saturated heterocycles. The van der Waals surface area contributed by atoms with Gasteiger partial charge in [-0.2, -0.15) is 0 Å². The summed E-state index contributed by atoms with van der Waals surface area (Å²) in [6.07, 6.45) is 0. The van der Waals surface area contributed by atoms with Crippen LogP contribution >= 0.6 is 0 Å². The normalized spacial score (nSPS) is 12.6. The van der Waals surface area contributed by atoms with Crippen LogP contribution in [0.4, 0.5) is 0 Å². The largest absolute Gasteiger partial charge is 0.309 e. The van der Waals surface area contributed by atoms with Crippen molar-refractivity contribution in [1.29, 1.82) is 0 Å². The molecule has 4 aromatic carbocycles. The Morgan fingerprint density at radius 3 is 1.53 bits per heavy atom. The highest BCUT2D eigenvalue weighted by Gasteiger charge is 2.20. The number of aryl methyl sites for hydroxylation is 1. The van der Waals surface area contributed by atoms with Crippen molar-refractivity contribution in [2.75, 3.05) is 0 Å². The van der Waals surface area contributed by atoms with Crippen LogP contribution in [0.1, 0.15) is 58.2 Å². The Balaban J connectivity index is 1.83. The molecule has 0 aliphatic rings. The minimum absolute atomic E-state index is 0.0419. The lowest BCUT2D eigenvalue weighted by molar-refractivity contribution is 0.589. The third kappa shape index (κ3) is 3.94. The van der Waals surface area contributed by atoms with Crippen molar-refractivity contribution < 1.29 is 0 Å². The molecule has 0 fully saturated rings. The molecule has 0 aliphatic heterocycles. The monoisotopic (exact) mass is 445 g/mol. The first-order valence-electron chi connectivity index (χ1n) is 12.3. The summed E-state index contributed by atoms with van der Waals surface area (Å²) in [6.45, 7) is 16.0.